The van der Waals surface area contributed by atoms with Crippen LogP contribution in [0.3, 0.4) is 0 Å². The first kappa shape index (κ1) is 14.0. The minimum absolute atomic E-state index is 0.482. The van der Waals surface area contributed by atoms with Crippen LogP contribution in [0.15, 0.2) is 24.8 Å². The Bertz CT molecular complexity index is 445. The molecule has 1 aromatic rings. The van der Waals surface area contributed by atoms with E-state index in [4.69, 9.17) is 4.74 Å². The van der Waals surface area contributed by atoms with Crippen LogP contribution >= 0.6 is 0 Å². The predicted octanol–water partition coefficient (Wildman–Crippen LogP) is 4.28. The molecule has 0 amide bonds. The maximum absolute atomic E-state index is 5.79. The van der Waals surface area contributed by atoms with Crippen molar-refractivity contribution >= 4 is 5.70 Å². The summed E-state index contributed by atoms with van der Waals surface area (Å²) in [6.45, 7) is 13.7. The molecular weight excluding hydrogens is 234 g/mol. The van der Waals surface area contributed by atoms with Gasteiger partial charge in [0, 0.05) is 24.4 Å². The van der Waals surface area contributed by atoms with Crippen LogP contribution < -0.4 is 4.74 Å². The number of hydrogen-bond acceptors (Lipinski definition) is 2. The molecule has 0 radical (unpaired) electrons. The van der Waals surface area contributed by atoms with Crippen molar-refractivity contribution in [2.75, 3.05) is 19.7 Å². The van der Waals surface area contributed by atoms with Crippen LogP contribution in [0.2, 0.25) is 0 Å². The highest BCUT2D eigenvalue weighted by molar-refractivity contribution is 5.64. The summed E-state index contributed by atoms with van der Waals surface area (Å²) in [6, 6.07) is 6.52. The van der Waals surface area contributed by atoms with Crippen molar-refractivity contribution in [3.63, 3.8) is 0 Å². The average Bonchev–Trinajstić information content (AvgIpc) is 2.91. The van der Waals surface area contributed by atoms with E-state index in [1.807, 2.05) is 6.92 Å². The van der Waals surface area contributed by atoms with Crippen molar-refractivity contribution in [3.05, 3.63) is 35.9 Å². The fraction of sp³-hybridized carbons (Fsp3) is 0.529. The first-order valence-corrected chi connectivity index (χ1v) is 7.34. The summed E-state index contributed by atoms with van der Waals surface area (Å²) in [5, 5.41) is 0. The molecule has 1 aliphatic heterocycles. The second-order valence-electron chi connectivity index (χ2n) is 5.48. The van der Waals surface area contributed by atoms with Crippen molar-refractivity contribution in [2.24, 2.45) is 0 Å². The van der Waals surface area contributed by atoms with E-state index >= 15 is 0 Å². The third-order valence-corrected chi connectivity index (χ3v) is 3.76. The molecule has 1 aliphatic rings. The molecule has 0 unspecified atom stereocenters. The lowest BCUT2D eigenvalue weighted by molar-refractivity contribution is 0.335. The van der Waals surface area contributed by atoms with Gasteiger partial charge in [-0.1, -0.05) is 32.6 Å². The largest absolute Gasteiger partial charge is 0.494 e. The lowest BCUT2D eigenvalue weighted by Gasteiger charge is -2.22. The van der Waals surface area contributed by atoms with Crippen LogP contribution in [0.5, 0.6) is 5.75 Å². The highest BCUT2D eigenvalue weighted by atomic mass is 16.5. The van der Waals surface area contributed by atoms with Gasteiger partial charge in [-0.05, 0) is 37.3 Å². The number of rotatable bonds is 5. The van der Waals surface area contributed by atoms with Crippen molar-refractivity contribution in [1.82, 2.24) is 4.90 Å². The molecule has 0 spiro atoms. The standard InChI is InChI=1S/C17H25NO/c1-5-19-17-12-15(8-9-16(17)13(2)3)14(4)18-10-6-7-11-18/h8-9,12-13H,4-7,10-11H2,1-3H3. The monoisotopic (exact) mass is 259 g/mol. The summed E-state index contributed by atoms with van der Waals surface area (Å²) in [5.74, 6) is 1.49. The molecule has 104 valence electrons. The minimum atomic E-state index is 0.482. The molecule has 2 heteroatoms. The smallest absolute Gasteiger partial charge is 0.123 e. The fourth-order valence-electron chi connectivity index (χ4n) is 2.64. The summed E-state index contributed by atoms with van der Waals surface area (Å²) in [4.78, 5) is 2.38. The molecule has 1 heterocycles. The zero-order chi connectivity index (χ0) is 13.8. The van der Waals surface area contributed by atoms with Crippen molar-refractivity contribution in [1.29, 1.82) is 0 Å². The van der Waals surface area contributed by atoms with E-state index in [-0.39, 0.29) is 0 Å². The van der Waals surface area contributed by atoms with Gasteiger partial charge in [-0.2, -0.15) is 0 Å². The Morgan fingerprint density at radius 2 is 2.00 bits per heavy atom. The third-order valence-electron chi connectivity index (χ3n) is 3.76. The maximum Gasteiger partial charge on any atom is 0.123 e. The van der Waals surface area contributed by atoms with E-state index in [9.17, 15) is 0 Å². The molecule has 0 saturated carbocycles. The number of ether oxygens (including phenoxy) is 1. The Morgan fingerprint density at radius 1 is 1.32 bits per heavy atom. The molecule has 19 heavy (non-hydrogen) atoms. The van der Waals surface area contributed by atoms with Crippen molar-refractivity contribution < 1.29 is 4.74 Å². The second-order valence-corrected chi connectivity index (χ2v) is 5.48. The van der Waals surface area contributed by atoms with Gasteiger partial charge in [-0.15, -0.1) is 0 Å². The normalized spacial score (nSPS) is 15.1. The summed E-state index contributed by atoms with van der Waals surface area (Å²) in [7, 11) is 0. The van der Waals surface area contributed by atoms with Crippen molar-refractivity contribution in [2.45, 2.75) is 39.5 Å². The molecule has 2 nitrogen and oxygen atoms in total. The highest BCUT2D eigenvalue weighted by Gasteiger charge is 2.16. The maximum atomic E-state index is 5.79. The van der Waals surface area contributed by atoms with Gasteiger partial charge in [0.2, 0.25) is 0 Å². The Labute approximate surface area is 117 Å². The summed E-state index contributed by atoms with van der Waals surface area (Å²) in [6.07, 6.45) is 2.56. The Morgan fingerprint density at radius 3 is 2.58 bits per heavy atom. The Balaban J connectivity index is 2.26. The molecule has 1 aromatic carbocycles. The fourth-order valence-corrected chi connectivity index (χ4v) is 2.64. The lowest BCUT2D eigenvalue weighted by atomic mass is 9.99. The molecule has 0 aromatic heterocycles. The van der Waals surface area contributed by atoms with Crippen LogP contribution in [-0.2, 0) is 0 Å². The zero-order valence-corrected chi connectivity index (χ0v) is 12.4. The van der Waals surface area contributed by atoms with E-state index < -0.39 is 0 Å². The SMILES string of the molecule is C=C(c1ccc(C(C)C)c(OCC)c1)N1CCCC1. The van der Waals surface area contributed by atoms with Gasteiger partial charge in [-0.3, -0.25) is 0 Å². The van der Waals surface area contributed by atoms with Gasteiger partial charge >= 0.3 is 0 Å². The Kier molecular flexibility index (Phi) is 4.52. The van der Waals surface area contributed by atoms with Crippen molar-refractivity contribution in [3.8, 4) is 5.75 Å². The van der Waals surface area contributed by atoms with E-state index in [0.29, 0.717) is 12.5 Å². The summed E-state index contributed by atoms with van der Waals surface area (Å²) < 4.78 is 5.79. The zero-order valence-electron chi connectivity index (χ0n) is 12.4. The Hall–Kier alpha value is -1.44. The lowest BCUT2D eigenvalue weighted by Crippen LogP contribution is -2.16. The second kappa shape index (κ2) is 6.14. The summed E-state index contributed by atoms with van der Waals surface area (Å²) in [5.41, 5.74) is 3.60. The minimum Gasteiger partial charge on any atom is -0.494 e. The average molecular weight is 259 g/mol. The number of nitrogens with zero attached hydrogens (tertiary/aromatic N) is 1. The van der Waals surface area contributed by atoms with Gasteiger partial charge < -0.3 is 9.64 Å². The molecule has 0 N–H and O–H groups in total. The van der Waals surface area contributed by atoms with Gasteiger partial charge in [-0.25, -0.2) is 0 Å². The van der Waals surface area contributed by atoms with Gasteiger partial charge in [0.1, 0.15) is 5.75 Å². The first-order valence-electron chi connectivity index (χ1n) is 7.34. The number of likely N-dealkylation sites (tertiary alicyclic amines) is 1. The molecule has 2 rings (SSSR count). The molecule has 0 bridgehead atoms. The first-order chi connectivity index (χ1) is 9.13. The van der Waals surface area contributed by atoms with E-state index in [2.05, 4.69) is 43.5 Å². The van der Waals surface area contributed by atoms with E-state index in [1.165, 1.54) is 24.0 Å². The topological polar surface area (TPSA) is 12.5 Å². The third kappa shape index (κ3) is 3.12. The molecule has 0 aliphatic carbocycles. The molecule has 1 fully saturated rings. The van der Waals surface area contributed by atoms with E-state index in [0.717, 1.165) is 24.5 Å². The quantitative estimate of drug-likeness (QED) is 0.782. The number of hydrogen-bond donors (Lipinski definition) is 0. The van der Waals surface area contributed by atoms with Crippen LogP contribution in [0, 0.1) is 0 Å². The molecule has 0 atom stereocenters. The number of benzene rings is 1. The highest BCUT2D eigenvalue weighted by Crippen LogP contribution is 2.31. The van der Waals surface area contributed by atoms with Crippen LogP contribution in [0.25, 0.3) is 5.70 Å². The van der Waals surface area contributed by atoms with Gasteiger partial charge in [0.25, 0.3) is 0 Å². The molecular formula is C17H25NO. The summed E-state index contributed by atoms with van der Waals surface area (Å²) >= 11 is 0. The van der Waals surface area contributed by atoms with Gasteiger partial charge in [0.05, 0.1) is 6.61 Å². The molecule has 1 saturated heterocycles. The van der Waals surface area contributed by atoms with Crippen LogP contribution in [0.1, 0.15) is 50.7 Å². The van der Waals surface area contributed by atoms with Crippen LogP contribution in [-0.4, -0.2) is 24.6 Å². The van der Waals surface area contributed by atoms with Crippen LogP contribution in [0.4, 0.5) is 0 Å². The predicted molar refractivity (Wildman–Crippen MR) is 81.5 cm³/mol. The van der Waals surface area contributed by atoms with E-state index in [1.54, 1.807) is 0 Å². The van der Waals surface area contributed by atoms with Gasteiger partial charge in [0.15, 0.2) is 0 Å².